The lowest BCUT2D eigenvalue weighted by Gasteiger charge is -2.16. The van der Waals surface area contributed by atoms with Gasteiger partial charge in [0.1, 0.15) is 10.8 Å². The maximum absolute atomic E-state index is 12.1. The summed E-state index contributed by atoms with van der Waals surface area (Å²) in [6.45, 7) is 5.82. The topological polar surface area (TPSA) is 60.1 Å². The Morgan fingerprint density at radius 2 is 2.19 bits per heavy atom. The van der Waals surface area contributed by atoms with E-state index in [0.29, 0.717) is 5.69 Å². The minimum Gasteiger partial charge on any atom is -0.469 e. The van der Waals surface area contributed by atoms with Crippen molar-refractivity contribution in [1.29, 1.82) is 0 Å². The third-order valence-electron chi connectivity index (χ3n) is 3.24. The lowest BCUT2D eigenvalue weighted by atomic mass is 10.1. The molecule has 0 amide bonds. The van der Waals surface area contributed by atoms with Crippen molar-refractivity contribution in [1.82, 2.24) is 9.78 Å². The Kier molecular flexibility index (Phi) is 5.07. The SMILES string of the molecule is CC(CCc1ccco1)Nc1cnn(C(C)C)c(=O)c1Cl. The van der Waals surface area contributed by atoms with Gasteiger partial charge in [-0.25, -0.2) is 4.68 Å². The van der Waals surface area contributed by atoms with E-state index in [2.05, 4.69) is 10.4 Å². The van der Waals surface area contributed by atoms with Gasteiger partial charge in [-0.2, -0.15) is 5.10 Å². The number of anilines is 1. The molecule has 0 aliphatic rings. The van der Waals surface area contributed by atoms with Crippen molar-refractivity contribution in [3.63, 3.8) is 0 Å². The Morgan fingerprint density at radius 3 is 2.81 bits per heavy atom. The van der Waals surface area contributed by atoms with Crippen molar-refractivity contribution in [3.8, 4) is 0 Å². The number of hydrogen-bond acceptors (Lipinski definition) is 4. The average molecular weight is 310 g/mol. The van der Waals surface area contributed by atoms with Gasteiger partial charge < -0.3 is 9.73 Å². The molecule has 114 valence electrons. The molecule has 1 unspecified atom stereocenters. The molecular formula is C15H20ClN3O2. The van der Waals surface area contributed by atoms with Crippen LogP contribution in [0.2, 0.25) is 5.02 Å². The second-order valence-corrected chi connectivity index (χ2v) is 5.76. The van der Waals surface area contributed by atoms with Crippen LogP contribution in [0.3, 0.4) is 0 Å². The van der Waals surface area contributed by atoms with Crippen molar-refractivity contribution in [2.75, 3.05) is 5.32 Å². The number of hydrogen-bond donors (Lipinski definition) is 1. The van der Waals surface area contributed by atoms with Crippen molar-refractivity contribution in [2.45, 2.75) is 45.7 Å². The number of nitrogens with one attached hydrogen (secondary N) is 1. The van der Waals surface area contributed by atoms with Gasteiger partial charge in [-0.3, -0.25) is 4.79 Å². The summed E-state index contributed by atoms with van der Waals surface area (Å²) in [5.74, 6) is 0.947. The predicted molar refractivity (Wildman–Crippen MR) is 84.0 cm³/mol. The van der Waals surface area contributed by atoms with E-state index in [0.717, 1.165) is 18.6 Å². The normalized spacial score (nSPS) is 12.6. The summed E-state index contributed by atoms with van der Waals surface area (Å²) in [7, 11) is 0. The van der Waals surface area contributed by atoms with Crippen LogP contribution in [0, 0.1) is 0 Å². The highest BCUT2D eigenvalue weighted by atomic mass is 35.5. The molecule has 0 saturated heterocycles. The molecule has 5 nitrogen and oxygen atoms in total. The van der Waals surface area contributed by atoms with Crippen molar-refractivity contribution in [3.05, 3.63) is 45.7 Å². The van der Waals surface area contributed by atoms with Gasteiger partial charge in [0, 0.05) is 12.5 Å². The third-order valence-corrected chi connectivity index (χ3v) is 3.60. The number of halogens is 1. The summed E-state index contributed by atoms with van der Waals surface area (Å²) in [5, 5.41) is 7.55. The van der Waals surface area contributed by atoms with E-state index in [-0.39, 0.29) is 22.7 Å². The Bertz CT molecular complexity index is 635. The van der Waals surface area contributed by atoms with E-state index in [1.807, 2.05) is 32.9 Å². The molecule has 0 aliphatic carbocycles. The molecule has 0 fully saturated rings. The van der Waals surface area contributed by atoms with Crippen LogP contribution < -0.4 is 10.9 Å². The van der Waals surface area contributed by atoms with E-state index >= 15 is 0 Å². The van der Waals surface area contributed by atoms with Crippen molar-refractivity contribution < 1.29 is 4.42 Å². The first-order valence-electron chi connectivity index (χ1n) is 7.05. The zero-order valence-corrected chi connectivity index (χ0v) is 13.2. The van der Waals surface area contributed by atoms with Crippen LogP contribution in [0.15, 0.2) is 33.8 Å². The zero-order chi connectivity index (χ0) is 15.4. The summed E-state index contributed by atoms with van der Waals surface area (Å²) >= 11 is 6.13. The summed E-state index contributed by atoms with van der Waals surface area (Å²) in [6.07, 6.45) is 4.97. The van der Waals surface area contributed by atoms with E-state index in [4.69, 9.17) is 16.0 Å². The summed E-state index contributed by atoms with van der Waals surface area (Å²) in [4.78, 5) is 12.1. The largest absolute Gasteiger partial charge is 0.469 e. The molecule has 0 saturated carbocycles. The Hall–Kier alpha value is -1.75. The van der Waals surface area contributed by atoms with Gasteiger partial charge in [0.25, 0.3) is 5.56 Å². The van der Waals surface area contributed by atoms with Gasteiger partial charge in [-0.1, -0.05) is 11.6 Å². The molecule has 0 aliphatic heterocycles. The maximum atomic E-state index is 12.1. The van der Waals surface area contributed by atoms with Crippen LogP contribution in [0.25, 0.3) is 0 Å². The van der Waals surface area contributed by atoms with Crippen LogP contribution >= 0.6 is 11.6 Å². The van der Waals surface area contributed by atoms with Crippen LogP contribution in [0.1, 0.15) is 39.0 Å². The van der Waals surface area contributed by atoms with Gasteiger partial charge >= 0.3 is 0 Å². The summed E-state index contributed by atoms with van der Waals surface area (Å²) in [6, 6.07) is 3.97. The smallest absolute Gasteiger partial charge is 0.287 e. The first kappa shape index (κ1) is 15.6. The fourth-order valence-electron chi connectivity index (χ4n) is 2.06. The van der Waals surface area contributed by atoms with E-state index in [1.165, 1.54) is 4.68 Å². The second-order valence-electron chi connectivity index (χ2n) is 5.38. The Balaban J connectivity index is 2.02. The van der Waals surface area contributed by atoms with Gasteiger partial charge in [-0.15, -0.1) is 0 Å². The fraction of sp³-hybridized carbons (Fsp3) is 0.467. The van der Waals surface area contributed by atoms with E-state index in [1.54, 1.807) is 12.5 Å². The van der Waals surface area contributed by atoms with Crippen molar-refractivity contribution in [2.24, 2.45) is 0 Å². The van der Waals surface area contributed by atoms with Gasteiger partial charge in [-0.05, 0) is 39.3 Å². The first-order chi connectivity index (χ1) is 9.99. The third kappa shape index (κ3) is 3.88. The molecule has 6 heteroatoms. The number of nitrogens with zero attached hydrogens (tertiary/aromatic N) is 2. The second kappa shape index (κ2) is 6.80. The predicted octanol–water partition coefficient (Wildman–Crippen LogP) is 3.50. The minimum absolute atomic E-state index is 0.0135. The standard InChI is InChI=1S/C15H20ClN3O2/c1-10(2)19-15(20)14(16)13(9-17-19)18-11(3)6-7-12-5-4-8-21-12/h4-5,8-11,18H,6-7H2,1-3H3. The van der Waals surface area contributed by atoms with Crippen molar-refractivity contribution >= 4 is 17.3 Å². The Labute approximate surface area is 128 Å². The number of aromatic nitrogens is 2. The van der Waals surface area contributed by atoms with Crippen LogP contribution in [0.4, 0.5) is 5.69 Å². The highest BCUT2D eigenvalue weighted by molar-refractivity contribution is 6.32. The molecule has 0 aromatic carbocycles. The molecule has 1 atom stereocenters. The number of furan rings is 1. The molecule has 0 bridgehead atoms. The maximum Gasteiger partial charge on any atom is 0.287 e. The molecule has 2 aromatic rings. The molecule has 2 heterocycles. The first-order valence-corrected chi connectivity index (χ1v) is 7.43. The molecule has 0 radical (unpaired) electrons. The lowest BCUT2D eigenvalue weighted by Crippen LogP contribution is -2.27. The number of aryl methyl sites for hydroxylation is 1. The monoisotopic (exact) mass is 309 g/mol. The zero-order valence-electron chi connectivity index (χ0n) is 12.5. The number of rotatable bonds is 6. The minimum atomic E-state index is -0.269. The van der Waals surface area contributed by atoms with E-state index in [9.17, 15) is 4.79 Å². The van der Waals surface area contributed by atoms with Gasteiger partial charge in [0.15, 0.2) is 0 Å². The highest BCUT2D eigenvalue weighted by Gasteiger charge is 2.13. The Morgan fingerprint density at radius 1 is 1.43 bits per heavy atom. The molecule has 2 rings (SSSR count). The molecule has 0 spiro atoms. The average Bonchev–Trinajstić information content (AvgIpc) is 2.94. The molecular weight excluding hydrogens is 290 g/mol. The molecule has 1 N–H and O–H groups in total. The molecule has 21 heavy (non-hydrogen) atoms. The van der Waals surface area contributed by atoms with Crippen LogP contribution in [-0.4, -0.2) is 15.8 Å². The quantitative estimate of drug-likeness (QED) is 0.887. The fourth-order valence-corrected chi connectivity index (χ4v) is 2.25. The van der Waals surface area contributed by atoms with Gasteiger partial charge in [0.05, 0.1) is 24.2 Å². The summed E-state index contributed by atoms with van der Waals surface area (Å²) in [5.41, 5.74) is 0.306. The summed E-state index contributed by atoms with van der Waals surface area (Å²) < 4.78 is 6.68. The molecule has 2 aromatic heterocycles. The lowest BCUT2D eigenvalue weighted by molar-refractivity contribution is 0.493. The van der Waals surface area contributed by atoms with Crippen LogP contribution in [0.5, 0.6) is 0 Å². The van der Waals surface area contributed by atoms with Crippen LogP contribution in [-0.2, 0) is 6.42 Å². The van der Waals surface area contributed by atoms with E-state index < -0.39 is 0 Å². The highest BCUT2D eigenvalue weighted by Crippen LogP contribution is 2.18. The van der Waals surface area contributed by atoms with Gasteiger partial charge in [0.2, 0.25) is 0 Å².